The predicted octanol–water partition coefficient (Wildman–Crippen LogP) is 1.45. The van der Waals surface area contributed by atoms with E-state index in [1.54, 1.807) is 0 Å². The molecule has 7 heteroatoms. The van der Waals surface area contributed by atoms with E-state index < -0.39 is 6.10 Å². The highest BCUT2D eigenvalue weighted by Crippen LogP contribution is 2.34. The first-order chi connectivity index (χ1) is 12.0. The standard InChI is InChI=1S/C18H27N5O2/c1-4-23-10-15(11(2)20-23)16-9-17(25-21-16)18(24)19-12-7-13-5-6-14(8-12)22(13)3/h10,12-14,17H,4-9H2,1-3H3,(H,19,24). The fraction of sp³-hybridized carbons (Fsp3) is 0.722. The number of carbonyl (C=O) groups is 1. The summed E-state index contributed by atoms with van der Waals surface area (Å²) in [5, 5.41) is 11.8. The molecule has 0 saturated carbocycles. The second-order valence-electron chi connectivity index (χ2n) is 7.55. The molecule has 2 saturated heterocycles. The van der Waals surface area contributed by atoms with Gasteiger partial charge in [-0.2, -0.15) is 5.10 Å². The van der Waals surface area contributed by atoms with Gasteiger partial charge in [-0.25, -0.2) is 0 Å². The van der Waals surface area contributed by atoms with E-state index in [0.717, 1.165) is 36.4 Å². The second-order valence-corrected chi connectivity index (χ2v) is 7.55. The number of oxime groups is 1. The first-order valence-corrected chi connectivity index (χ1v) is 9.34. The number of carbonyl (C=O) groups excluding carboxylic acids is 1. The summed E-state index contributed by atoms with van der Waals surface area (Å²) in [6, 6.07) is 1.49. The van der Waals surface area contributed by atoms with Gasteiger partial charge in [-0.05, 0) is 46.6 Å². The van der Waals surface area contributed by atoms with E-state index in [1.807, 2.05) is 24.7 Å². The van der Waals surface area contributed by atoms with Crippen molar-refractivity contribution in [2.75, 3.05) is 7.05 Å². The van der Waals surface area contributed by atoms with Crippen LogP contribution in [0.1, 0.15) is 50.3 Å². The molecule has 1 amide bonds. The summed E-state index contributed by atoms with van der Waals surface area (Å²) in [7, 11) is 2.21. The van der Waals surface area contributed by atoms with Gasteiger partial charge >= 0.3 is 0 Å². The Morgan fingerprint density at radius 2 is 2.08 bits per heavy atom. The summed E-state index contributed by atoms with van der Waals surface area (Å²) in [6.45, 7) is 4.83. The maximum absolute atomic E-state index is 12.6. The van der Waals surface area contributed by atoms with Crippen molar-refractivity contribution in [3.63, 3.8) is 0 Å². The first kappa shape index (κ1) is 16.6. The van der Waals surface area contributed by atoms with Crippen LogP contribution in [-0.2, 0) is 16.2 Å². The van der Waals surface area contributed by atoms with Crippen molar-refractivity contribution >= 4 is 11.6 Å². The van der Waals surface area contributed by atoms with E-state index in [2.05, 4.69) is 27.5 Å². The Morgan fingerprint density at radius 1 is 1.36 bits per heavy atom. The summed E-state index contributed by atoms with van der Waals surface area (Å²) >= 11 is 0. The number of nitrogens with one attached hydrogen (secondary N) is 1. The largest absolute Gasteiger partial charge is 0.382 e. The van der Waals surface area contributed by atoms with Gasteiger partial charge in [0.15, 0.2) is 0 Å². The van der Waals surface area contributed by atoms with E-state index >= 15 is 0 Å². The lowest BCUT2D eigenvalue weighted by Gasteiger charge is -2.36. The van der Waals surface area contributed by atoms with Crippen molar-refractivity contribution in [1.82, 2.24) is 20.0 Å². The van der Waals surface area contributed by atoms with Gasteiger partial charge in [-0.1, -0.05) is 5.16 Å². The molecule has 2 fully saturated rings. The molecule has 3 aliphatic rings. The highest BCUT2D eigenvalue weighted by Gasteiger charge is 2.40. The van der Waals surface area contributed by atoms with E-state index in [1.165, 1.54) is 12.8 Å². The number of hydrogen-bond donors (Lipinski definition) is 1. The molecule has 1 aromatic rings. The van der Waals surface area contributed by atoms with Crippen LogP contribution in [-0.4, -0.2) is 57.6 Å². The van der Waals surface area contributed by atoms with Crippen molar-refractivity contribution in [1.29, 1.82) is 0 Å². The number of hydrogen-bond acceptors (Lipinski definition) is 5. The smallest absolute Gasteiger partial charge is 0.264 e. The van der Waals surface area contributed by atoms with Gasteiger partial charge < -0.3 is 15.1 Å². The third-order valence-corrected chi connectivity index (χ3v) is 5.99. The molecular weight excluding hydrogens is 318 g/mol. The minimum Gasteiger partial charge on any atom is -0.382 e. The van der Waals surface area contributed by atoms with Crippen LogP contribution >= 0.6 is 0 Å². The van der Waals surface area contributed by atoms with Gasteiger partial charge in [-0.15, -0.1) is 0 Å². The van der Waals surface area contributed by atoms with E-state index in [4.69, 9.17) is 4.84 Å². The normalized spacial score (nSPS) is 31.7. The fourth-order valence-corrected chi connectivity index (χ4v) is 4.46. The van der Waals surface area contributed by atoms with E-state index in [9.17, 15) is 4.79 Å². The minimum atomic E-state index is -0.517. The lowest BCUT2D eigenvalue weighted by Crippen LogP contribution is -2.50. The number of rotatable bonds is 4. The summed E-state index contributed by atoms with van der Waals surface area (Å²) in [5.74, 6) is -0.0340. The minimum absolute atomic E-state index is 0.0340. The van der Waals surface area contributed by atoms with Crippen LogP contribution in [0.15, 0.2) is 11.4 Å². The molecule has 3 aliphatic heterocycles. The van der Waals surface area contributed by atoms with Crippen molar-refractivity contribution in [3.8, 4) is 0 Å². The number of aromatic nitrogens is 2. The van der Waals surface area contributed by atoms with Crippen molar-refractivity contribution in [3.05, 3.63) is 17.5 Å². The maximum atomic E-state index is 12.6. The van der Waals surface area contributed by atoms with Gasteiger partial charge in [0.25, 0.3) is 5.91 Å². The molecule has 7 nitrogen and oxygen atoms in total. The molecule has 2 bridgehead atoms. The van der Waals surface area contributed by atoms with E-state index in [-0.39, 0.29) is 11.9 Å². The third kappa shape index (κ3) is 3.05. The third-order valence-electron chi connectivity index (χ3n) is 5.99. The summed E-state index contributed by atoms with van der Waals surface area (Å²) in [5.41, 5.74) is 2.73. The Bertz CT molecular complexity index is 684. The predicted molar refractivity (Wildman–Crippen MR) is 94.4 cm³/mol. The van der Waals surface area contributed by atoms with Crippen molar-refractivity contribution < 1.29 is 9.63 Å². The second kappa shape index (κ2) is 6.44. The highest BCUT2D eigenvalue weighted by atomic mass is 16.6. The molecule has 3 atom stereocenters. The van der Waals surface area contributed by atoms with Gasteiger partial charge in [0.2, 0.25) is 6.10 Å². The SMILES string of the molecule is CCn1cc(C2=NOC(C(=O)NC3CC4CCC(C3)N4C)C2)c(C)n1. The zero-order valence-electron chi connectivity index (χ0n) is 15.2. The Kier molecular flexibility index (Phi) is 4.27. The van der Waals surface area contributed by atoms with Crippen LogP contribution in [0.2, 0.25) is 0 Å². The molecule has 1 aromatic heterocycles. The quantitative estimate of drug-likeness (QED) is 0.896. The average molecular weight is 345 g/mol. The summed E-state index contributed by atoms with van der Waals surface area (Å²) in [4.78, 5) is 20.5. The molecule has 136 valence electrons. The first-order valence-electron chi connectivity index (χ1n) is 9.34. The number of fused-ring (bicyclic) bond motifs is 2. The molecule has 4 heterocycles. The van der Waals surface area contributed by atoms with Gasteiger partial charge in [-0.3, -0.25) is 9.48 Å². The van der Waals surface area contributed by atoms with E-state index in [0.29, 0.717) is 18.5 Å². The molecule has 0 spiro atoms. The molecule has 0 aliphatic carbocycles. The van der Waals surface area contributed by atoms with Crippen LogP contribution in [0.25, 0.3) is 0 Å². The summed E-state index contributed by atoms with van der Waals surface area (Å²) < 4.78 is 1.88. The monoisotopic (exact) mass is 345 g/mol. The molecule has 4 rings (SSSR count). The van der Waals surface area contributed by atoms with Crippen LogP contribution in [0, 0.1) is 6.92 Å². The molecule has 25 heavy (non-hydrogen) atoms. The Hall–Kier alpha value is -1.89. The average Bonchev–Trinajstić information content (AvgIpc) is 3.25. The zero-order chi connectivity index (χ0) is 17.6. The lowest BCUT2D eigenvalue weighted by atomic mass is 9.97. The van der Waals surface area contributed by atoms with Gasteiger partial charge in [0, 0.05) is 42.9 Å². The number of piperidine rings is 1. The van der Waals surface area contributed by atoms with Crippen LogP contribution in [0.3, 0.4) is 0 Å². The topological polar surface area (TPSA) is 71.8 Å². The number of nitrogens with zero attached hydrogens (tertiary/aromatic N) is 4. The molecule has 1 N–H and O–H groups in total. The summed E-state index contributed by atoms with van der Waals surface area (Å²) in [6.07, 6.45) is 6.57. The molecular formula is C18H27N5O2. The van der Waals surface area contributed by atoms with Crippen LogP contribution in [0.5, 0.6) is 0 Å². The molecule has 3 unspecified atom stereocenters. The molecule has 0 radical (unpaired) electrons. The Balaban J connectivity index is 1.35. The van der Waals surface area contributed by atoms with Gasteiger partial charge in [0.05, 0.1) is 11.4 Å². The fourth-order valence-electron chi connectivity index (χ4n) is 4.46. The number of aryl methyl sites for hydroxylation is 2. The van der Waals surface area contributed by atoms with Crippen molar-refractivity contribution in [2.45, 2.75) is 76.7 Å². The molecule has 0 aromatic carbocycles. The number of amides is 1. The van der Waals surface area contributed by atoms with Crippen LogP contribution in [0.4, 0.5) is 0 Å². The van der Waals surface area contributed by atoms with Gasteiger partial charge in [0.1, 0.15) is 0 Å². The maximum Gasteiger partial charge on any atom is 0.264 e. The zero-order valence-corrected chi connectivity index (χ0v) is 15.2. The van der Waals surface area contributed by atoms with Crippen molar-refractivity contribution in [2.24, 2.45) is 5.16 Å². The lowest BCUT2D eigenvalue weighted by molar-refractivity contribution is -0.132. The Morgan fingerprint density at radius 3 is 2.72 bits per heavy atom. The Labute approximate surface area is 148 Å². The highest BCUT2D eigenvalue weighted by molar-refractivity contribution is 6.04. The van der Waals surface area contributed by atoms with Crippen LogP contribution < -0.4 is 5.32 Å².